The van der Waals surface area contributed by atoms with Crippen molar-refractivity contribution in [2.45, 2.75) is 72.7 Å². The van der Waals surface area contributed by atoms with Gasteiger partial charge in [-0.05, 0) is 70.7 Å². The van der Waals surface area contributed by atoms with Crippen molar-refractivity contribution in [1.29, 1.82) is 0 Å². The van der Waals surface area contributed by atoms with Crippen LogP contribution >= 0.6 is 0 Å². The van der Waals surface area contributed by atoms with Gasteiger partial charge in [0, 0.05) is 13.1 Å². The van der Waals surface area contributed by atoms with Crippen molar-refractivity contribution in [3.8, 4) is 0 Å². The van der Waals surface area contributed by atoms with Crippen molar-refractivity contribution < 1.29 is 19.1 Å². The van der Waals surface area contributed by atoms with E-state index in [9.17, 15) is 14.4 Å². The molecule has 2 unspecified atom stereocenters. The van der Waals surface area contributed by atoms with Crippen LogP contribution in [0.2, 0.25) is 0 Å². The van der Waals surface area contributed by atoms with Crippen LogP contribution in [0, 0.1) is 13.8 Å². The van der Waals surface area contributed by atoms with E-state index >= 15 is 0 Å². The van der Waals surface area contributed by atoms with E-state index < -0.39 is 23.8 Å². The van der Waals surface area contributed by atoms with Crippen LogP contribution in [0.15, 0.2) is 48.5 Å². The van der Waals surface area contributed by atoms with Gasteiger partial charge in [0.1, 0.15) is 17.7 Å². The van der Waals surface area contributed by atoms with Crippen LogP contribution in [0.25, 0.3) is 0 Å². The number of ether oxygens (including phenoxy) is 1. The van der Waals surface area contributed by atoms with Crippen molar-refractivity contribution in [2.24, 2.45) is 0 Å². The predicted molar refractivity (Wildman–Crippen MR) is 133 cm³/mol. The third-order valence-corrected chi connectivity index (χ3v) is 5.44. The number of alkyl carbamates (subject to hydrolysis) is 1. The quantitative estimate of drug-likeness (QED) is 0.602. The lowest BCUT2D eigenvalue weighted by molar-refractivity contribution is -0.142. The van der Waals surface area contributed by atoms with E-state index in [2.05, 4.69) is 10.6 Å². The number of hydrogen-bond donors (Lipinski definition) is 2. The maximum atomic E-state index is 13.4. The number of hydrogen-bond acceptors (Lipinski definition) is 4. The smallest absolute Gasteiger partial charge is 0.408 e. The van der Waals surface area contributed by atoms with Gasteiger partial charge < -0.3 is 20.3 Å². The number of likely N-dealkylation sites (N-methyl/N-ethyl adjacent to an activating group) is 1. The minimum absolute atomic E-state index is 0.285. The van der Waals surface area contributed by atoms with Crippen molar-refractivity contribution in [2.75, 3.05) is 6.54 Å². The maximum absolute atomic E-state index is 13.4. The molecule has 2 rings (SSSR count). The highest BCUT2D eigenvalue weighted by Crippen LogP contribution is 2.25. The van der Waals surface area contributed by atoms with Gasteiger partial charge >= 0.3 is 6.09 Å². The number of benzene rings is 2. The average Bonchev–Trinajstić information content (AvgIpc) is 2.76. The summed E-state index contributed by atoms with van der Waals surface area (Å²) in [6, 6.07) is 13.6. The second-order valence-electron chi connectivity index (χ2n) is 9.44. The summed E-state index contributed by atoms with van der Waals surface area (Å²) in [5, 5.41) is 5.56. The normalized spacial score (nSPS) is 12.9. The molecule has 184 valence electrons. The minimum Gasteiger partial charge on any atom is -0.444 e. The summed E-state index contributed by atoms with van der Waals surface area (Å²) < 4.78 is 5.28. The molecule has 2 aromatic rings. The van der Waals surface area contributed by atoms with Crippen LogP contribution in [-0.2, 0) is 20.9 Å². The summed E-state index contributed by atoms with van der Waals surface area (Å²) in [5.41, 5.74) is 3.12. The number of carbonyl (C=O) groups is 3. The molecular weight excluding hydrogens is 430 g/mol. The first-order valence-corrected chi connectivity index (χ1v) is 11.6. The second kappa shape index (κ2) is 11.7. The van der Waals surface area contributed by atoms with Crippen LogP contribution in [0.4, 0.5) is 4.79 Å². The first-order chi connectivity index (χ1) is 15.9. The number of rotatable bonds is 8. The zero-order valence-corrected chi connectivity index (χ0v) is 21.3. The van der Waals surface area contributed by atoms with Gasteiger partial charge in [0.15, 0.2) is 0 Å². The summed E-state index contributed by atoms with van der Waals surface area (Å²) in [6.45, 7) is 13.3. The molecule has 0 fully saturated rings. The minimum atomic E-state index is -0.870. The van der Waals surface area contributed by atoms with E-state index in [4.69, 9.17) is 4.74 Å². The molecule has 34 heavy (non-hydrogen) atoms. The zero-order chi connectivity index (χ0) is 25.5. The Morgan fingerprint density at radius 1 is 1.00 bits per heavy atom. The molecule has 0 spiro atoms. The highest BCUT2D eigenvalue weighted by atomic mass is 16.6. The van der Waals surface area contributed by atoms with E-state index in [0.29, 0.717) is 12.1 Å². The van der Waals surface area contributed by atoms with E-state index in [1.165, 1.54) is 4.90 Å². The standard InChI is InChI=1S/C27H37N3O4/c1-8-30(25(32)20(4)29-26(33)34-27(5,6)7)23(22-15-14-18(2)19(3)16-22)24(31)28-17-21-12-10-9-11-13-21/h9-16,20,23H,8,17H2,1-7H3,(H,28,31)(H,29,33). The molecule has 0 saturated heterocycles. The van der Waals surface area contributed by atoms with Crippen LogP contribution in [0.3, 0.4) is 0 Å². The van der Waals surface area contributed by atoms with E-state index in [0.717, 1.165) is 16.7 Å². The van der Waals surface area contributed by atoms with Gasteiger partial charge in [0.05, 0.1) is 0 Å². The lowest BCUT2D eigenvalue weighted by atomic mass is 9.98. The summed E-state index contributed by atoms with van der Waals surface area (Å²) in [7, 11) is 0. The van der Waals surface area contributed by atoms with E-state index in [1.54, 1.807) is 27.7 Å². The fourth-order valence-corrected chi connectivity index (χ4v) is 3.55. The molecule has 0 aliphatic heterocycles. The van der Waals surface area contributed by atoms with Crippen LogP contribution in [0.5, 0.6) is 0 Å². The average molecular weight is 468 g/mol. The van der Waals surface area contributed by atoms with Gasteiger partial charge in [-0.3, -0.25) is 9.59 Å². The van der Waals surface area contributed by atoms with Crippen LogP contribution in [-0.4, -0.2) is 41.0 Å². The summed E-state index contributed by atoms with van der Waals surface area (Å²) in [4.78, 5) is 40.5. The Bertz CT molecular complexity index is 999. The molecule has 0 aromatic heterocycles. The Kier molecular flexibility index (Phi) is 9.24. The fourth-order valence-electron chi connectivity index (χ4n) is 3.55. The first-order valence-electron chi connectivity index (χ1n) is 11.6. The third-order valence-electron chi connectivity index (χ3n) is 5.44. The van der Waals surface area contributed by atoms with Gasteiger partial charge in [-0.15, -0.1) is 0 Å². The summed E-state index contributed by atoms with van der Waals surface area (Å²) in [5.74, 6) is -0.654. The Balaban J connectivity index is 2.30. The molecule has 0 aliphatic rings. The van der Waals surface area contributed by atoms with E-state index in [-0.39, 0.29) is 18.4 Å². The Hall–Kier alpha value is -3.35. The molecular formula is C27H37N3O4. The number of carbonyl (C=O) groups excluding carboxylic acids is 3. The molecule has 7 heteroatoms. The highest BCUT2D eigenvalue weighted by Gasteiger charge is 2.33. The first kappa shape index (κ1) is 26.9. The zero-order valence-electron chi connectivity index (χ0n) is 21.3. The maximum Gasteiger partial charge on any atom is 0.408 e. The van der Waals surface area contributed by atoms with Gasteiger partial charge in [-0.25, -0.2) is 4.79 Å². The largest absolute Gasteiger partial charge is 0.444 e. The van der Waals surface area contributed by atoms with Crippen LogP contribution in [0.1, 0.15) is 62.9 Å². The predicted octanol–water partition coefficient (Wildman–Crippen LogP) is 4.42. The highest BCUT2D eigenvalue weighted by molar-refractivity contribution is 5.92. The molecule has 2 atom stereocenters. The topological polar surface area (TPSA) is 87.7 Å². The van der Waals surface area contributed by atoms with Crippen LogP contribution < -0.4 is 10.6 Å². The number of nitrogens with one attached hydrogen (secondary N) is 2. The number of amides is 3. The van der Waals surface area contributed by atoms with Gasteiger partial charge in [-0.1, -0.05) is 48.5 Å². The Morgan fingerprint density at radius 3 is 2.21 bits per heavy atom. The van der Waals surface area contributed by atoms with Crippen molar-refractivity contribution in [1.82, 2.24) is 15.5 Å². The molecule has 0 radical (unpaired) electrons. The van der Waals surface area contributed by atoms with Crippen molar-refractivity contribution in [3.05, 3.63) is 70.8 Å². The van der Waals surface area contributed by atoms with Gasteiger partial charge in [-0.2, -0.15) is 0 Å². The molecule has 0 saturated carbocycles. The fraction of sp³-hybridized carbons (Fsp3) is 0.444. The molecule has 7 nitrogen and oxygen atoms in total. The lowest BCUT2D eigenvalue weighted by Gasteiger charge is -2.33. The Labute approximate surface area is 202 Å². The lowest BCUT2D eigenvalue weighted by Crippen LogP contribution is -2.51. The monoisotopic (exact) mass is 467 g/mol. The summed E-state index contributed by atoms with van der Waals surface area (Å²) >= 11 is 0. The van der Waals surface area contributed by atoms with E-state index in [1.807, 2.05) is 69.3 Å². The number of nitrogens with zero attached hydrogens (tertiary/aromatic N) is 1. The summed E-state index contributed by atoms with van der Waals surface area (Å²) in [6.07, 6.45) is -0.680. The molecule has 0 aliphatic carbocycles. The SMILES string of the molecule is CCN(C(=O)C(C)NC(=O)OC(C)(C)C)C(C(=O)NCc1ccccc1)c1ccc(C)c(C)c1. The molecule has 0 heterocycles. The molecule has 2 aromatic carbocycles. The van der Waals surface area contributed by atoms with Crippen molar-refractivity contribution in [3.63, 3.8) is 0 Å². The number of aryl methyl sites for hydroxylation is 2. The van der Waals surface area contributed by atoms with Gasteiger partial charge in [0.25, 0.3) is 0 Å². The van der Waals surface area contributed by atoms with Crippen molar-refractivity contribution >= 4 is 17.9 Å². The Morgan fingerprint density at radius 2 is 1.65 bits per heavy atom. The molecule has 2 N–H and O–H groups in total. The third kappa shape index (κ3) is 7.61. The van der Waals surface area contributed by atoms with Gasteiger partial charge in [0.2, 0.25) is 11.8 Å². The molecule has 0 bridgehead atoms. The second-order valence-corrected chi connectivity index (χ2v) is 9.44. The molecule has 3 amide bonds.